The molecule has 0 aliphatic carbocycles. The van der Waals surface area contributed by atoms with E-state index < -0.39 is 0 Å². The summed E-state index contributed by atoms with van der Waals surface area (Å²) in [7, 11) is 0. The van der Waals surface area contributed by atoms with Crippen molar-refractivity contribution >= 4 is 30.7 Å². The van der Waals surface area contributed by atoms with Gasteiger partial charge in [-0.25, -0.2) is 0 Å². The molecule has 0 radical (unpaired) electrons. The van der Waals surface area contributed by atoms with Gasteiger partial charge in [0, 0.05) is 19.2 Å². The van der Waals surface area contributed by atoms with Crippen LogP contribution in [0.25, 0.3) is 0 Å². The van der Waals surface area contributed by atoms with Crippen LogP contribution in [0.5, 0.6) is 5.75 Å². The number of amides is 1. The zero-order valence-electron chi connectivity index (χ0n) is 15.2. The number of pyridine rings is 1. The van der Waals surface area contributed by atoms with Crippen LogP contribution in [0, 0.1) is 5.92 Å². The van der Waals surface area contributed by atoms with Gasteiger partial charge in [0.15, 0.2) is 0 Å². The van der Waals surface area contributed by atoms with Crippen LogP contribution in [-0.4, -0.2) is 24.0 Å². The first-order valence-electron chi connectivity index (χ1n) is 8.88. The first-order valence-corrected chi connectivity index (χ1v) is 8.88. The SMILES string of the molecule is Cl.Cl.O=C(CCC1CCNC1)NCc1ccc(OCc2ccccn2)cc1. The average molecular weight is 412 g/mol. The minimum Gasteiger partial charge on any atom is -0.487 e. The highest BCUT2D eigenvalue weighted by molar-refractivity contribution is 5.85. The zero-order chi connectivity index (χ0) is 17.3. The lowest BCUT2D eigenvalue weighted by Gasteiger charge is -2.10. The summed E-state index contributed by atoms with van der Waals surface area (Å²) in [6.45, 7) is 3.14. The van der Waals surface area contributed by atoms with Gasteiger partial charge in [-0.2, -0.15) is 0 Å². The number of ether oxygens (including phenoxy) is 1. The van der Waals surface area contributed by atoms with Gasteiger partial charge in [-0.3, -0.25) is 9.78 Å². The van der Waals surface area contributed by atoms with Crippen molar-refractivity contribution in [2.75, 3.05) is 13.1 Å². The maximum atomic E-state index is 11.9. The summed E-state index contributed by atoms with van der Waals surface area (Å²) in [6, 6.07) is 13.6. The molecule has 7 heteroatoms. The van der Waals surface area contributed by atoms with Crippen molar-refractivity contribution in [3.05, 3.63) is 59.9 Å². The molecule has 1 saturated heterocycles. The van der Waals surface area contributed by atoms with Crippen molar-refractivity contribution in [3.8, 4) is 5.75 Å². The molecule has 2 aromatic rings. The Balaban J connectivity index is 0.00000182. The highest BCUT2D eigenvalue weighted by Gasteiger charge is 2.15. The lowest BCUT2D eigenvalue weighted by atomic mass is 10.0. The van der Waals surface area contributed by atoms with E-state index >= 15 is 0 Å². The summed E-state index contributed by atoms with van der Waals surface area (Å²) in [6.07, 6.45) is 4.53. The van der Waals surface area contributed by atoms with Gasteiger partial charge in [0.2, 0.25) is 5.91 Å². The normalized spacial score (nSPS) is 15.3. The fraction of sp³-hybridized carbons (Fsp3) is 0.400. The van der Waals surface area contributed by atoms with Crippen LogP contribution in [0.4, 0.5) is 0 Å². The Morgan fingerprint density at radius 1 is 1.19 bits per heavy atom. The second-order valence-corrected chi connectivity index (χ2v) is 6.43. The molecule has 0 spiro atoms. The van der Waals surface area contributed by atoms with Crippen LogP contribution in [-0.2, 0) is 17.9 Å². The quantitative estimate of drug-likeness (QED) is 0.697. The molecule has 1 aliphatic rings. The molecule has 1 amide bonds. The Labute approximate surface area is 173 Å². The second kappa shape index (κ2) is 12.5. The Hall–Kier alpha value is -1.82. The summed E-state index contributed by atoms with van der Waals surface area (Å²) in [4.78, 5) is 16.2. The molecule has 27 heavy (non-hydrogen) atoms. The number of carbonyl (C=O) groups is 1. The lowest BCUT2D eigenvalue weighted by Crippen LogP contribution is -2.23. The third kappa shape index (κ3) is 8.16. The summed E-state index contributed by atoms with van der Waals surface area (Å²) in [5, 5.41) is 6.32. The van der Waals surface area contributed by atoms with E-state index in [0.29, 0.717) is 25.5 Å². The van der Waals surface area contributed by atoms with E-state index in [9.17, 15) is 4.79 Å². The van der Waals surface area contributed by atoms with E-state index in [1.165, 1.54) is 6.42 Å². The molecule has 1 fully saturated rings. The van der Waals surface area contributed by atoms with Gasteiger partial charge < -0.3 is 15.4 Å². The molecule has 1 aromatic heterocycles. The predicted octanol–water partition coefficient (Wildman–Crippen LogP) is 3.51. The van der Waals surface area contributed by atoms with Crippen molar-refractivity contribution in [1.82, 2.24) is 15.6 Å². The van der Waals surface area contributed by atoms with E-state index in [1.54, 1.807) is 6.20 Å². The molecule has 1 unspecified atom stereocenters. The van der Waals surface area contributed by atoms with Gasteiger partial charge in [0.1, 0.15) is 12.4 Å². The van der Waals surface area contributed by atoms with E-state index in [0.717, 1.165) is 36.5 Å². The van der Waals surface area contributed by atoms with Gasteiger partial charge in [0.25, 0.3) is 0 Å². The third-order valence-electron chi connectivity index (χ3n) is 4.47. The van der Waals surface area contributed by atoms with Gasteiger partial charge in [-0.1, -0.05) is 18.2 Å². The van der Waals surface area contributed by atoms with E-state index in [1.807, 2.05) is 42.5 Å². The number of aromatic nitrogens is 1. The molecule has 1 atom stereocenters. The van der Waals surface area contributed by atoms with E-state index in [2.05, 4.69) is 15.6 Å². The van der Waals surface area contributed by atoms with E-state index in [4.69, 9.17) is 4.74 Å². The topological polar surface area (TPSA) is 63.2 Å². The number of carbonyl (C=O) groups excluding carboxylic acids is 1. The van der Waals surface area contributed by atoms with Crippen LogP contribution in [0.3, 0.4) is 0 Å². The number of nitrogens with one attached hydrogen (secondary N) is 2. The minimum atomic E-state index is 0. The molecular weight excluding hydrogens is 385 g/mol. The van der Waals surface area contributed by atoms with Crippen molar-refractivity contribution in [3.63, 3.8) is 0 Å². The monoisotopic (exact) mass is 411 g/mol. The standard InChI is InChI=1S/C20H25N3O2.2ClH/c24-20(9-6-17-10-12-21-13-17)23-14-16-4-7-19(8-5-16)25-15-18-3-1-2-11-22-18;;/h1-5,7-8,11,17,21H,6,9-10,12-15H2,(H,23,24);2*1H. The molecule has 3 rings (SSSR count). The fourth-order valence-electron chi connectivity index (χ4n) is 2.93. The third-order valence-corrected chi connectivity index (χ3v) is 4.47. The minimum absolute atomic E-state index is 0. The van der Waals surface area contributed by atoms with Crippen molar-refractivity contribution < 1.29 is 9.53 Å². The Kier molecular flexibility index (Phi) is 10.8. The van der Waals surface area contributed by atoms with Crippen molar-refractivity contribution in [2.24, 2.45) is 5.92 Å². The largest absolute Gasteiger partial charge is 0.487 e. The maximum absolute atomic E-state index is 11.9. The highest BCUT2D eigenvalue weighted by atomic mass is 35.5. The average Bonchev–Trinajstić information content (AvgIpc) is 3.18. The number of nitrogens with zero attached hydrogens (tertiary/aromatic N) is 1. The fourth-order valence-corrected chi connectivity index (χ4v) is 2.93. The zero-order valence-corrected chi connectivity index (χ0v) is 16.9. The highest BCUT2D eigenvalue weighted by Crippen LogP contribution is 2.15. The summed E-state index contributed by atoms with van der Waals surface area (Å²) >= 11 is 0. The molecule has 0 saturated carbocycles. The van der Waals surface area contributed by atoms with Gasteiger partial charge >= 0.3 is 0 Å². The van der Waals surface area contributed by atoms with Crippen LogP contribution in [0.15, 0.2) is 48.7 Å². The lowest BCUT2D eigenvalue weighted by molar-refractivity contribution is -0.121. The Bertz CT molecular complexity index is 663. The summed E-state index contributed by atoms with van der Waals surface area (Å²) in [5.41, 5.74) is 1.97. The molecular formula is C20H27Cl2N3O2. The maximum Gasteiger partial charge on any atom is 0.220 e. The number of hydrogen-bond donors (Lipinski definition) is 2. The molecule has 1 aromatic carbocycles. The van der Waals surface area contributed by atoms with Gasteiger partial charge in [0.05, 0.1) is 5.69 Å². The van der Waals surface area contributed by atoms with Crippen molar-refractivity contribution in [2.45, 2.75) is 32.4 Å². The van der Waals surface area contributed by atoms with Crippen LogP contribution in [0.1, 0.15) is 30.5 Å². The number of hydrogen-bond acceptors (Lipinski definition) is 4. The number of rotatable bonds is 8. The Morgan fingerprint density at radius 3 is 2.67 bits per heavy atom. The first kappa shape index (κ1) is 23.2. The second-order valence-electron chi connectivity index (χ2n) is 6.43. The molecule has 148 valence electrons. The summed E-state index contributed by atoms with van der Waals surface area (Å²) in [5.74, 6) is 1.58. The van der Waals surface area contributed by atoms with Gasteiger partial charge in [-0.05, 0) is 61.7 Å². The molecule has 2 heterocycles. The number of benzene rings is 1. The molecule has 0 bridgehead atoms. The van der Waals surface area contributed by atoms with Crippen molar-refractivity contribution in [1.29, 1.82) is 0 Å². The summed E-state index contributed by atoms with van der Waals surface area (Å²) < 4.78 is 5.71. The Morgan fingerprint density at radius 2 is 2.00 bits per heavy atom. The van der Waals surface area contributed by atoms with Crippen LogP contribution in [0.2, 0.25) is 0 Å². The van der Waals surface area contributed by atoms with Crippen LogP contribution >= 0.6 is 24.8 Å². The van der Waals surface area contributed by atoms with E-state index in [-0.39, 0.29) is 30.7 Å². The first-order chi connectivity index (χ1) is 12.3. The molecule has 1 aliphatic heterocycles. The van der Waals surface area contributed by atoms with Crippen LogP contribution < -0.4 is 15.4 Å². The molecule has 2 N–H and O–H groups in total. The number of halogens is 2. The van der Waals surface area contributed by atoms with Gasteiger partial charge in [-0.15, -0.1) is 24.8 Å². The molecule has 5 nitrogen and oxygen atoms in total. The predicted molar refractivity (Wildman–Crippen MR) is 112 cm³/mol. The smallest absolute Gasteiger partial charge is 0.220 e.